The van der Waals surface area contributed by atoms with Crippen LogP contribution < -0.4 is 4.90 Å². The monoisotopic (exact) mass is 294 g/mol. The Labute approximate surface area is 126 Å². The largest absolute Gasteiger partial charge is 0.389 e. The van der Waals surface area contributed by atoms with E-state index in [0.29, 0.717) is 13.2 Å². The number of aliphatic hydroxyl groups excluding tert-OH is 1. The maximum absolute atomic E-state index is 10.0. The number of β-amino-alcohol motifs (C(OH)–C–C–N with tert-alkyl or cyclic N) is 1. The van der Waals surface area contributed by atoms with Crippen LogP contribution in [0.4, 0.5) is 5.95 Å². The summed E-state index contributed by atoms with van der Waals surface area (Å²) in [5.41, 5.74) is 0. The molecule has 1 atom stereocenters. The van der Waals surface area contributed by atoms with Crippen molar-refractivity contribution < 1.29 is 9.84 Å². The number of aromatic nitrogens is 2. The minimum absolute atomic E-state index is 0.162. The first kappa shape index (κ1) is 16.1. The van der Waals surface area contributed by atoms with Crippen molar-refractivity contribution in [3.63, 3.8) is 0 Å². The van der Waals surface area contributed by atoms with Gasteiger partial charge in [0, 0.05) is 38.6 Å². The zero-order valence-electron chi connectivity index (χ0n) is 13.0. The second-order valence-electron chi connectivity index (χ2n) is 5.73. The van der Waals surface area contributed by atoms with E-state index >= 15 is 0 Å². The van der Waals surface area contributed by atoms with Crippen molar-refractivity contribution in [1.29, 1.82) is 0 Å². The Morgan fingerprint density at radius 2 is 1.95 bits per heavy atom. The number of ether oxygens (including phenoxy) is 1. The highest BCUT2D eigenvalue weighted by molar-refractivity contribution is 5.28. The molecule has 0 bridgehead atoms. The van der Waals surface area contributed by atoms with Crippen LogP contribution in [-0.4, -0.2) is 71.5 Å². The Hall–Kier alpha value is -1.24. The predicted molar refractivity (Wildman–Crippen MR) is 82.4 cm³/mol. The molecule has 0 saturated carbocycles. The summed E-state index contributed by atoms with van der Waals surface area (Å²) >= 11 is 0. The van der Waals surface area contributed by atoms with Crippen LogP contribution in [0, 0.1) is 0 Å². The van der Waals surface area contributed by atoms with E-state index in [1.54, 1.807) is 12.4 Å². The van der Waals surface area contributed by atoms with Crippen molar-refractivity contribution in [2.24, 2.45) is 0 Å². The summed E-state index contributed by atoms with van der Waals surface area (Å²) in [6, 6.07) is 1.83. The third-order valence-corrected chi connectivity index (χ3v) is 3.51. The van der Waals surface area contributed by atoms with Crippen LogP contribution in [0.1, 0.15) is 20.3 Å². The molecule has 0 aliphatic carbocycles. The van der Waals surface area contributed by atoms with Gasteiger partial charge in [0.25, 0.3) is 0 Å². The Bertz CT molecular complexity index is 402. The van der Waals surface area contributed by atoms with Gasteiger partial charge in [-0.25, -0.2) is 9.97 Å². The van der Waals surface area contributed by atoms with E-state index in [9.17, 15) is 5.11 Å². The Morgan fingerprint density at radius 1 is 1.19 bits per heavy atom. The van der Waals surface area contributed by atoms with Crippen LogP contribution in [0.2, 0.25) is 0 Å². The number of nitrogens with zero attached hydrogens (tertiary/aromatic N) is 4. The van der Waals surface area contributed by atoms with Gasteiger partial charge < -0.3 is 14.7 Å². The van der Waals surface area contributed by atoms with Crippen LogP contribution in [0.15, 0.2) is 18.5 Å². The van der Waals surface area contributed by atoms with E-state index in [2.05, 4.69) is 19.8 Å². The lowest BCUT2D eigenvalue weighted by Gasteiger charge is -2.24. The highest BCUT2D eigenvalue weighted by Crippen LogP contribution is 2.10. The molecule has 1 unspecified atom stereocenters. The van der Waals surface area contributed by atoms with E-state index in [0.717, 1.165) is 38.5 Å². The molecule has 1 aliphatic heterocycles. The average Bonchev–Trinajstić information content (AvgIpc) is 2.72. The third kappa shape index (κ3) is 5.57. The molecular weight excluding hydrogens is 268 g/mol. The molecule has 118 valence electrons. The van der Waals surface area contributed by atoms with E-state index < -0.39 is 6.10 Å². The fraction of sp³-hybridized carbons (Fsp3) is 0.733. The third-order valence-electron chi connectivity index (χ3n) is 3.51. The highest BCUT2D eigenvalue weighted by atomic mass is 16.5. The van der Waals surface area contributed by atoms with Gasteiger partial charge in [0.2, 0.25) is 5.95 Å². The van der Waals surface area contributed by atoms with Crippen molar-refractivity contribution in [3.05, 3.63) is 18.5 Å². The van der Waals surface area contributed by atoms with Gasteiger partial charge in [-0.2, -0.15) is 0 Å². The maximum Gasteiger partial charge on any atom is 0.225 e. The molecule has 21 heavy (non-hydrogen) atoms. The SMILES string of the molecule is CC(C)OCC(O)CN1CCCN(c2ncccn2)CC1. The molecule has 0 radical (unpaired) electrons. The summed E-state index contributed by atoms with van der Waals surface area (Å²) in [6.07, 6.45) is 4.34. The van der Waals surface area contributed by atoms with Crippen LogP contribution in [-0.2, 0) is 4.74 Å². The van der Waals surface area contributed by atoms with Crippen molar-refractivity contribution in [3.8, 4) is 0 Å². The number of rotatable bonds is 6. The predicted octanol–water partition coefficient (Wildman–Crippen LogP) is 0.775. The smallest absolute Gasteiger partial charge is 0.225 e. The zero-order chi connectivity index (χ0) is 15.1. The summed E-state index contributed by atoms with van der Waals surface area (Å²) in [4.78, 5) is 13.1. The molecule has 2 heterocycles. The summed E-state index contributed by atoms with van der Waals surface area (Å²) < 4.78 is 5.46. The summed E-state index contributed by atoms with van der Waals surface area (Å²) in [5, 5.41) is 10.0. The first-order valence-electron chi connectivity index (χ1n) is 7.69. The van der Waals surface area contributed by atoms with Gasteiger partial charge in [-0.15, -0.1) is 0 Å². The van der Waals surface area contributed by atoms with E-state index in [-0.39, 0.29) is 6.10 Å². The van der Waals surface area contributed by atoms with Gasteiger partial charge in [0.15, 0.2) is 0 Å². The van der Waals surface area contributed by atoms with E-state index in [1.807, 2.05) is 19.9 Å². The molecule has 2 rings (SSSR count). The van der Waals surface area contributed by atoms with E-state index in [1.165, 1.54) is 0 Å². The molecule has 0 spiro atoms. The summed E-state index contributed by atoms with van der Waals surface area (Å²) in [7, 11) is 0. The van der Waals surface area contributed by atoms with Gasteiger partial charge in [0.05, 0.1) is 18.8 Å². The quantitative estimate of drug-likeness (QED) is 0.836. The zero-order valence-corrected chi connectivity index (χ0v) is 13.0. The van der Waals surface area contributed by atoms with Gasteiger partial charge in [-0.05, 0) is 32.9 Å². The van der Waals surface area contributed by atoms with Crippen LogP contribution in [0.3, 0.4) is 0 Å². The molecule has 1 saturated heterocycles. The highest BCUT2D eigenvalue weighted by Gasteiger charge is 2.19. The van der Waals surface area contributed by atoms with Gasteiger partial charge in [0.1, 0.15) is 0 Å². The molecule has 1 aromatic rings. The molecule has 1 fully saturated rings. The number of aliphatic hydroxyl groups is 1. The summed E-state index contributed by atoms with van der Waals surface area (Å²) in [6.45, 7) is 8.78. The number of anilines is 1. The maximum atomic E-state index is 10.0. The van der Waals surface area contributed by atoms with Crippen molar-refractivity contribution in [1.82, 2.24) is 14.9 Å². The minimum atomic E-state index is -0.424. The van der Waals surface area contributed by atoms with Crippen LogP contribution >= 0.6 is 0 Å². The van der Waals surface area contributed by atoms with Gasteiger partial charge >= 0.3 is 0 Å². The second-order valence-corrected chi connectivity index (χ2v) is 5.73. The van der Waals surface area contributed by atoms with Gasteiger partial charge in [-0.3, -0.25) is 4.90 Å². The fourth-order valence-corrected chi connectivity index (χ4v) is 2.46. The van der Waals surface area contributed by atoms with Crippen molar-refractivity contribution >= 4 is 5.95 Å². The first-order chi connectivity index (χ1) is 10.1. The molecule has 6 nitrogen and oxygen atoms in total. The average molecular weight is 294 g/mol. The number of hydrogen-bond acceptors (Lipinski definition) is 6. The Morgan fingerprint density at radius 3 is 2.67 bits per heavy atom. The Balaban J connectivity index is 1.78. The van der Waals surface area contributed by atoms with Gasteiger partial charge in [-0.1, -0.05) is 0 Å². The lowest BCUT2D eigenvalue weighted by molar-refractivity contribution is -0.00767. The van der Waals surface area contributed by atoms with Crippen molar-refractivity contribution in [2.45, 2.75) is 32.5 Å². The molecule has 1 aliphatic rings. The molecule has 0 aromatic carbocycles. The number of hydrogen-bond donors (Lipinski definition) is 1. The normalized spacial score (nSPS) is 18.8. The summed E-state index contributed by atoms with van der Waals surface area (Å²) in [5.74, 6) is 0.794. The fourth-order valence-electron chi connectivity index (χ4n) is 2.46. The lowest BCUT2D eigenvalue weighted by Crippen LogP contribution is -2.38. The lowest BCUT2D eigenvalue weighted by atomic mass is 10.3. The Kier molecular flexibility index (Phi) is 6.35. The van der Waals surface area contributed by atoms with Crippen LogP contribution in [0.25, 0.3) is 0 Å². The molecular formula is C15H26N4O2. The van der Waals surface area contributed by atoms with E-state index in [4.69, 9.17) is 4.74 Å². The van der Waals surface area contributed by atoms with Crippen molar-refractivity contribution in [2.75, 3.05) is 44.2 Å². The molecule has 1 N–H and O–H groups in total. The topological polar surface area (TPSA) is 61.7 Å². The molecule has 1 aromatic heterocycles. The standard InChI is InChI=1S/C15H26N4O2/c1-13(2)21-12-14(20)11-18-7-4-8-19(10-9-18)15-16-5-3-6-17-15/h3,5-6,13-14,20H,4,7-12H2,1-2H3. The van der Waals surface area contributed by atoms with Crippen LogP contribution in [0.5, 0.6) is 0 Å². The molecule has 0 amide bonds. The molecule has 6 heteroatoms. The minimum Gasteiger partial charge on any atom is -0.389 e. The first-order valence-corrected chi connectivity index (χ1v) is 7.69. The second kappa shape index (κ2) is 8.26.